The highest BCUT2D eigenvalue weighted by Crippen LogP contribution is 2.36. The van der Waals surface area contributed by atoms with Gasteiger partial charge in [0.25, 0.3) is 0 Å². The maximum Gasteiger partial charge on any atom is 0.416 e. The molecule has 4 nitrogen and oxygen atoms in total. The fourth-order valence-electron chi connectivity index (χ4n) is 1.88. The van der Waals surface area contributed by atoms with Crippen molar-refractivity contribution in [3.63, 3.8) is 0 Å². The quantitative estimate of drug-likeness (QED) is 0.292. The largest absolute Gasteiger partial charge is 0.468 e. The summed E-state index contributed by atoms with van der Waals surface area (Å²) in [7, 11) is 1.13. The standard InChI is InChI=1S/C16H18F3IO4/c1-15(2,3)24-14(22)11(13(21)23-4)12(20)9-5-7-10(8-6-9)16(17,18)19/h5-8,11-12H,1-4H3. The lowest BCUT2D eigenvalue weighted by Gasteiger charge is -2.25. The lowest BCUT2D eigenvalue weighted by molar-refractivity contribution is -0.168. The second-order valence-corrected chi connectivity index (χ2v) is 7.40. The molecule has 0 aromatic heterocycles. The van der Waals surface area contributed by atoms with Gasteiger partial charge in [-0.1, -0.05) is 34.7 Å². The summed E-state index contributed by atoms with van der Waals surface area (Å²) in [5, 5.41) is 0. The molecule has 2 atom stereocenters. The highest BCUT2D eigenvalue weighted by Gasteiger charge is 2.39. The van der Waals surface area contributed by atoms with Crippen LogP contribution in [0.3, 0.4) is 0 Å². The zero-order valence-corrected chi connectivity index (χ0v) is 15.8. The highest BCUT2D eigenvalue weighted by atomic mass is 127. The molecule has 2 unspecified atom stereocenters. The van der Waals surface area contributed by atoms with Crippen molar-refractivity contribution in [1.82, 2.24) is 0 Å². The molecule has 1 rings (SSSR count). The van der Waals surface area contributed by atoms with Crippen LogP contribution in [0.25, 0.3) is 0 Å². The molecular weight excluding hydrogens is 440 g/mol. The van der Waals surface area contributed by atoms with Crippen LogP contribution in [-0.2, 0) is 25.2 Å². The number of halogens is 4. The van der Waals surface area contributed by atoms with E-state index in [0.29, 0.717) is 5.56 Å². The first-order chi connectivity index (χ1) is 10.9. The molecule has 0 saturated carbocycles. The van der Waals surface area contributed by atoms with E-state index < -0.39 is 39.1 Å². The van der Waals surface area contributed by atoms with Crippen LogP contribution in [0.4, 0.5) is 13.2 Å². The SMILES string of the molecule is COC(=O)C(C(=O)OC(C)(C)C)C(I)c1ccc(C(F)(F)F)cc1. The zero-order chi connectivity index (χ0) is 18.7. The van der Waals surface area contributed by atoms with Gasteiger partial charge >= 0.3 is 18.1 Å². The number of carbonyl (C=O) groups is 2. The molecule has 0 radical (unpaired) electrons. The van der Waals surface area contributed by atoms with Gasteiger partial charge in [-0.2, -0.15) is 13.2 Å². The van der Waals surface area contributed by atoms with Gasteiger partial charge in [-0.25, -0.2) is 0 Å². The lowest BCUT2D eigenvalue weighted by atomic mass is 9.98. The Morgan fingerprint density at radius 2 is 1.54 bits per heavy atom. The van der Waals surface area contributed by atoms with E-state index in [1.165, 1.54) is 12.1 Å². The number of methoxy groups -OCH3 is 1. The Kier molecular flexibility index (Phi) is 6.66. The molecule has 134 valence electrons. The molecule has 1 aromatic carbocycles. The van der Waals surface area contributed by atoms with Crippen LogP contribution in [0.15, 0.2) is 24.3 Å². The third-order valence-corrected chi connectivity index (χ3v) is 4.40. The monoisotopic (exact) mass is 458 g/mol. The van der Waals surface area contributed by atoms with Crippen LogP contribution in [0, 0.1) is 5.92 Å². The van der Waals surface area contributed by atoms with Gasteiger partial charge in [-0.3, -0.25) is 9.59 Å². The van der Waals surface area contributed by atoms with Crippen molar-refractivity contribution in [3.8, 4) is 0 Å². The summed E-state index contributed by atoms with van der Waals surface area (Å²) < 4.78 is 47.0. The summed E-state index contributed by atoms with van der Waals surface area (Å²) in [6, 6.07) is 4.29. The number of ether oxygens (including phenoxy) is 2. The van der Waals surface area contributed by atoms with E-state index in [1.807, 2.05) is 22.6 Å². The van der Waals surface area contributed by atoms with E-state index in [-0.39, 0.29) is 0 Å². The summed E-state index contributed by atoms with van der Waals surface area (Å²) in [5.74, 6) is -2.86. The number of esters is 2. The third-order valence-electron chi connectivity index (χ3n) is 2.96. The van der Waals surface area contributed by atoms with Gasteiger partial charge in [0.1, 0.15) is 5.60 Å². The fraction of sp³-hybridized carbons (Fsp3) is 0.500. The van der Waals surface area contributed by atoms with Gasteiger partial charge in [-0.15, -0.1) is 0 Å². The van der Waals surface area contributed by atoms with Crippen LogP contribution in [0.1, 0.15) is 35.8 Å². The summed E-state index contributed by atoms with van der Waals surface area (Å²) in [5.41, 5.74) is -1.22. The maximum absolute atomic E-state index is 12.6. The molecule has 0 fully saturated rings. The Hall–Kier alpha value is -1.32. The van der Waals surface area contributed by atoms with Crippen molar-refractivity contribution in [2.75, 3.05) is 7.11 Å². The topological polar surface area (TPSA) is 52.6 Å². The first kappa shape index (κ1) is 20.7. The second kappa shape index (κ2) is 7.71. The molecule has 0 aliphatic carbocycles. The number of alkyl halides is 4. The third kappa shape index (κ3) is 5.64. The molecule has 0 bridgehead atoms. The van der Waals surface area contributed by atoms with Gasteiger partial charge < -0.3 is 9.47 Å². The normalized spacial score (nSPS) is 14.7. The molecule has 0 aliphatic rings. The van der Waals surface area contributed by atoms with Gasteiger partial charge in [0.2, 0.25) is 0 Å². The average Bonchev–Trinajstić information content (AvgIpc) is 2.44. The molecular formula is C16H18F3IO4. The smallest absolute Gasteiger partial charge is 0.416 e. The summed E-state index contributed by atoms with van der Waals surface area (Å²) in [6.45, 7) is 4.96. The van der Waals surface area contributed by atoms with Crippen LogP contribution < -0.4 is 0 Å². The van der Waals surface area contributed by atoms with Crippen LogP contribution in [0.2, 0.25) is 0 Å². The van der Waals surface area contributed by atoms with Crippen molar-refractivity contribution in [3.05, 3.63) is 35.4 Å². The Labute approximate surface area is 151 Å². The van der Waals surface area contributed by atoms with Gasteiger partial charge in [0.15, 0.2) is 5.92 Å². The van der Waals surface area contributed by atoms with E-state index in [0.717, 1.165) is 19.2 Å². The molecule has 0 spiro atoms. The Morgan fingerprint density at radius 1 is 1.04 bits per heavy atom. The number of carbonyl (C=O) groups excluding carboxylic acids is 2. The average molecular weight is 458 g/mol. The number of hydrogen-bond donors (Lipinski definition) is 0. The van der Waals surface area contributed by atoms with Gasteiger partial charge in [0, 0.05) is 0 Å². The molecule has 0 amide bonds. The Morgan fingerprint density at radius 3 is 1.92 bits per heavy atom. The summed E-state index contributed by atoms with van der Waals surface area (Å²) in [4.78, 5) is 24.3. The number of rotatable bonds is 4. The van der Waals surface area contributed by atoms with E-state index in [1.54, 1.807) is 20.8 Å². The molecule has 8 heteroatoms. The van der Waals surface area contributed by atoms with Gasteiger partial charge in [-0.05, 0) is 38.5 Å². The molecule has 0 N–H and O–H groups in total. The maximum atomic E-state index is 12.6. The summed E-state index contributed by atoms with van der Waals surface area (Å²) >= 11 is 1.82. The predicted molar refractivity (Wildman–Crippen MR) is 89.6 cm³/mol. The van der Waals surface area contributed by atoms with Gasteiger partial charge in [0.05, 0.1) is 16.6 Å². The Balaban J connectivity index is 3.10. The highest BCUT2D eigenvalue weighted by molar-refractivity contribution is 14.1. The van der Waals surface area contributed by atoms with Crippen LogP contribution in [0.5, 0.6) is 0 Å². The molecule has 24 heavy (non-hydrogen) atoms. The van der Waals surface area contributed by atoms with Crippen molar-refractivity contribution in [2.24, 2.45) is 5.92 Å². The minimum atomic E-state index is -4.45. The van der Waals surface area contributed by atoms with Crippen LogP contribution >= 0.6 is 22.6 Å². The zero-order valence-electron chi connectivity index (χ0n) is 13.6. The fourth-order valence-corrected chi connectivity index (χ4v) is 2.88. The molecule has 0 saturated heterocycles. The number of hydrogen-bond acceptors (Lipinski definition) is 4. The Bertz CT molecular complexity index is 591. The summed E-state index contributed by atoms with van der Waals surface area (Å²) in [6.07, 6.45) is -4.45. The molecule has 0 heterocycles. The second-order valence-electron chi connectivity index (χ2n) is 6.06. The molecule has 1 aromatic rings. The number of benzene rings is 1. The molecule has 0 aliphatic heterocycles. The van der Waals surface area contributed by atoms with Crippen molar-refractivity contribution >= 4 is 34.5 Å². The minimum Gasteiger partial charge on any atom is -0.468 e. The van der Waals surface area contributed by atoms with Crippen molar-refractivity contribution in [2.45, 2.75) is 36.5 Å². The van der Waals surface area contributed by atoms with E-state index in [9.17, 15) is 22.8 Å². The van der Waals surface area contributed by atoms with E-state index in [4.69, 9.17) is 4.74 Å². The first-order valence-corrected chi connectivity index (χ1v) is 8.23. The predicted octanol–water partition coefficient (Wildman–Crippen LogP) is 4.31. The van der Waals surface area contributed by atoms with Crippen molar-refractivity contribution < 1.29 is 32.2 Å². The minimum absolute atomic E-state index is 0.393. The lowest BCUT2D eigenvalue weighted by Crippen LogP contribution is -2.35. The van der Waals surface area contributed by atoms with Crippen molar-refractivity contribution in [1.29, 1.82) is 0 Å². The van der Waals surface area contributed by atoms with E-state index in [2.05, 4.69) is 4.74 Å². The van der Waals surface area contributed by atoms with E-state index >= 15 is 0 Å². The van der Waals surface area contributed by atoms with Crippen LogP contribution in [-0.4, -0.2) is 24.6 Å². The first-order valence-electron chi connectivity index (χ1n) is 6.98.